The summed E-state index contributed by atoms with van der Waals surface area (Å²) in [5.41, 5.74) is 3.48. The van der Waals surface area contributed by atoms with Gasteiger partial charge in [0.2, 0.25) is 23.3 Å². The van der Waals surface area contributed by atoms with E-state index in [4.69, 9.17) is 70.5 Å². The lowest BCUT2D eigenvalue weighted by atomic mass is 10.1. The number of aliphatic imine (C=N–C) groups is 1. The SMILES string of the molecule is NN=C(C=NCCOCCOCCOCCOCCOCCOCCC(=O)N[C@@H](CCCCNC(=S)Nc1cc(CN2CCOCCOCCN(Cc3cccc(C(=O)O)n3)CCOCCOCC2)[nH]c(=O)c1)C(=O)N[C@@H](CCCCNC(=O)Cc1ccc(I)cc1)C(=O)O)c1cccc(NC(=O)NCCCC[C@H](NC(=O)N[C@@H](CCC(=O)O)C(=O)O)C(=O)O)c1. The first-order valence-electron chi connectivity index (χ1n) is 41.6. The molecule has 0 radical (unpaired) electrons. The predicted molar refractivity (Wildman–Crippen MR) is 474 cm³/mol. The number of unbranched alkanes of at least 4 members (excludes halogenated alkanes) is 3. The van der Waals surface area contributed by atoms with Crippen molar-refractivity contribution in [2.45, 2.75) is 121 Å². The summed E-state index contributed by atoms with van der Waals surface area (Å²) in [7, 11) is 0. The van der Waals surface area contributed by atoms with Gasteiger partial charge < -0.3 is 132 Å². The zero-order chi connectivity index (χ0) is 91.2. The van der Waals surface area contributed by atoms with E-state index < -0.39 is 90.7 Å². The maximum atomic E-state index is 13.9. The number of thiocarbonyl (C=S) groups is 1. The number of carbonyl (C=O) groups is 10. The number of hydrogen-bond acceptors (Lipinski definition) is 28. The van der Waals surface area contributed by atoms with Crippen molar-refractivity contribution in [1.82, 2.24) is 57.0 Å². The summed E-state index contributed by atoms with van der Waals surface area (Å²) >= 11 is 7.81. The van der Waals surface area contributed by atoms with Gasteiger partial charge in [0.15, 0.2) is 5.11 Å². The Balaban J connectivity index is 0.929. The van der Waals surface area contributed by atoms with Crippen molar-refractivity contribution in [3.05, 3.63) is 121 Å². The minimum Gasteiger partial charge on any atom is -0.481 e. The number of carbonyl (C=O) groups excluding carboxylic acids is 5. The number of nitrogens with one attached hydrogen (secondary N) is 10. The number of pyridine rings is 2. The molecule has 42 nitrogen and oxygen atoms in total. The average Bonchev–Trinajstić information content (AvgIpc) is 0.869. The van der Waals surface area contributed by atoms with E-state index in [-0.39, 0.29) is 107 Å². The first kappa shape index (κ1) is 106. The summed E-state index contributed by atoms with van der Waals surface area (Å²) in [5, 5.41) is 75.3. The number of anilines is 2. The summed E-state index contributed by atoms with van der Waals surface area (Å²) in [6, 6.07) is 15.4. The summed E-state index contributed by atoms with van der Waals surface area (Å²) in [4.78, 5) is 151. The Bertz CT molecular complexity index is 4050. The third kappa shape index (κ3) is 50.3. The average molecular weight is 1910 g/mol. The molecule has 5 rings (SSSR count). The van der Waals surface area contributed by atoms with Gasteiger partial charge in [-0.25, -0.2) is 33.8 Å². The largest absolute Gasteiger partial charge is 0.481 e. The zero-order valence-corrected chi connectivity index (χ0v) is 73.7. The minimum absolute atomic E-state index is 0.00663. The van der Waals surface area contributed by atoms with E-state index in [1.807, 2.05) is 24.3 Å². The molecule has 0 bridgehead atoms. The number of amides is 7. The molecule has 17 N–H and O–H groups in total. The maximum absolute atomic E-state index is 13.9. The smallest absolute Gasteiger partial charge is 0.354 e. The molecule has 4 aromatic rings. The highest BCUT2D eigenvalue weighted by Crippen LogP contribution is 2.15. The molecule has 0 saturated carbocycles. The number of aromatic carboxylic acids is 1. The zero-order valence-electron chi connectivity index (χ0n) is 70.7. The van der Waals surface area contributed by atoms with Crippen LogP contribution in [0.2, 0.25) is 0 Å². The fourth-order valence-corrected chi connectivity index (χ4v) is 12.5. The summed E-state index contributed by atoms with van der Waals surface area (Å²) in [6.07, 6.45) is 3.13. The quantitative estimate of drug-likeness (QED) is 0.00754. The molecule has 44 heteroatoms. The van der Waals surface area contributed by atoms with Gasteiger partial charge in [-0.2, -0.15) is 5.10 Å². The van der Waals surface area contributed by atoms with Crippen LogP contribution in [0.4, 0.5) is 21.0 Å². The predicted octanol–water partition coefficient (Wildman–Crippen LogP) is 2.78. The van der Waals surface area contributed by atoms with Crippen molar-refractivity contribution in [3.63, 3.8) is 0 Å². The number of aliphatic carboxylic acids is 4. The van der Waals surface area contributed by atoms with Crippen LogP contribution in [-0.4, -0.2) is 331 Å². The highest BCUT2D eigenvalue weighted by molar-refractivity contribution is 14.1. The second-order valence-corrected chi connectivity index (χ2v) is 30.0. The van der Waals surface area contributed by atoms with Gasteiger partial charge in [0.25, 0.3) is 0 Å². The molecule has 2 aromatic heterocycles. The number of rotatable bonds is 58. The number of carboxylic acid groups (broad SMARTS) is 5. The van der Waals surface area contributed by atoms with E-state index in [9.17, 15) is 73.2 Å². The van der Waals surface area contributed by atoms with Gasteiger partial charge >= 0.3 is 41.9 Å². The Morgan fingerprint density at radius 1 is 0.524 bits per heavy atom. The number of aromatic nitrogens is 2. The third-order valence-corrected chi connectivity index (χ3v) is 19.4. The van der Waals surface area contributed by atoms with E-state index in [1.54, 1.807) is 42.5 Å². The van der Waals surface area contributed by atoms with Gasteiger partial charge in [0, 0.05) is 110 Å². The van der Waals surface area contributed by atoms with Crippen LogP contribution in [0.15, 0.2) is 93.8 Å². The molecule has 2 aromatic carbocycles. The normalized spacial score (nSPS) is 14.5. The van der Waals surface area contributed by atoms with E-state index in [0.29, 0.717) is 218 Å². The number of carboxylic acids is 5. The van der Waals surface area contributed by atoms with Crippen LogP contribution in [0.1, 0.15) is 110 Å². The molecule has 7 amide bonds. The van der Waals surface area contributed by atoms with Crippen LogP contribution in [0.3, 0.4) is 0 Å². The van der Waals surface area contributed by atoms with Gasteiger partial charge in [0.05, 0.1) is 151 Å². The van der Waals surface area contributed by atoms with Crippen molar-refractivity contribution in [2.24, 2.45) is 15.9 Å². The number of H-pyrrole nitrogens is 1. The fourth-order valence-electron chi connectivity index (χ4n) is 11.9. The standard InChI is InChI=1S/C82H121IN16O26S/c83-60-18-16-58(17-19-60)51-72(101)86-23-4-2-13-67(77(108)109)94-75(105)65(12-1-6-25-88-82(126)92-63-53-64(90-73(102)54-63)57-99-29-35-120-41-39-118-33-27-98(28-34-119-40-42-121-36-30-99)56-62-11-8-15-66(89-62)76(106)107)93-71(100)22-31-116-37-43-122-45-47-124-49-50-125-48-46-123-44-38-117-32-26-85-55-70(97-84)59-9-7-10-61(52-59)91-80(114)87-24-5-3-14-68(78(110)111)95-81(115)96-69(79(112)113)20-21-74(103)104/h7-11,15-19,52-55,65,67-69H,1-6,12-14,20-51,56-57,84H2,(H,86,101)(H,93,100)(H,94,105)(H,103,104)(H,106,107)(H,108,109)(H,110,111)(H,112,113)(H2,87,91,114)(H2,95,96,115)(H3,88,90,92,102,126)/t65-,67-,68-,69-/m0/s1. The second kappa shape index (κ2) is 65.5. The van der Waals surface area contributed by atoms with Crippen molar-refractivity contribution < 1.29 is 121 Å². The van der Waals surface area contributed by atoms with Crippen molar-refractivity contribution in [1.29, 1.82) is 0 Å². The molecule has 698 valence electrons. The summed E-state index contributed by atoms with van der Waals surface area (Å²) < 4.78 is 58.2. The van der Waals surface area contributed by atoms with Crippen LogP contribution in [0.25, 0.3) is 0 Å². The lowest BCUT2D eigenvalue weighted by molar-refractivity contribution is -0.142. The summed E-state index contributed by atoms with van der Waals surface area (Å²) in [5.74, 6) is -2.13. The van der Waals surface area contributed by atoms with Crippen molar-refractivity contribution >= 4 is 123 Å². The lowest BCUT2D eigenvalue weighted by Crippen LogP contribution is -2.51. The van der Waals surface area contributed by atoms with Gasteiger partial charge in [-0.3, -0.25) is 38.8 Å². The Morgan fingerprint density at radius 3 is 1.58 bits per heavy atom. The number of halogens is 1. The van der Waals surface area contributed by atoms with E-state index in [2.05, 4.69) is 100 Å². The molecule has 3 heterocycles. The Labute approximate surface area is 749 Å². The topological polar surface area (TPSA) is 575 Å². The Hall–Kier alpha value is -10.1. The Kier molecular flexibility index (Phi) is 55.3. The first-order chi connectivity index (χ1) is 60.9. The van der Waals surface area contributed by atoms with Gasteiger partial charge in [-0.15, -0.1) is 0 Å². The molecule has 1 aliphatic rings. The maximum Gasteiger partial charge on any atom is 0.354 e. The van der Waals surface area contributed by atoms with Gasteiger partial charge in [-0.05, 0) is 147 Å². The monoisotopic (exact) mass is 1900 g/mol. The summed E-state index contributed by atoms with van der Waals surface area (Å²) in [6.45, 7) is 10.2. The van der Waals surface area contributed by atoms with E-state index in [0.717, 1.165) is 9.13 Å². The number of aromatic amines is 1. The second-order valence-electron chi connectivity index (χ2n) is 28.4. The molecule has 0 spiro atoms. The minimum atomic E-state index is -1.53. The number of hydrazone groups is 1. The molecular formula is C82H121IN16O26S. The molecule has 1 saturated heterocycles. The molecule has 1 aliphatic heterocycles. The number of ether oxygens (including phenoxy) is 10. The Morgan fingerprint density at radius 2 is 1.03 bits per heavy atom. The third-order valence-electron chi connectivity index (χ3n) is 18.4. The highest BCUT2D eigenvalue weighted by Gasteiger charge is 2.28. The van der Waals surface area contributed by atoms with Crippen LogP contribution < -0.4 is 59.3 Å². The van der Waals surface area contributed by atoms with Gasteiger partial charge in [0.1, 0.15) is 35.6 Å². The van der Waals surface area contributed by atoms with Crippen molar-refractivity contribution in [3.8, 4) is 0 Å². The van der Waals surface area contributed by atoms with Crippen molar-refractivity contribution in [2.75, 3.05) is 195 Å². The number of urea groups is 2. The molecule has 0 aliphatic carbocycles. The lowest BCUT2D eigenvalue weighted by Gasteiger charge is -2.23. The van der Waals surface area contributed by atoms with Crippen LogP contribution in [-0.2, 0) is 100 Å². The first-order valence-corrected chi connectivity index (χ1v) is 43.1. The number of benzene rings is 2. The molecule has 0 unspecified atom stereocenters. The number of nitrogens with two attached hydrogens (primary N) is 1. The van der Waals surface area contributed by atoms with Crippen LogP contribution >= 0.6 is 34.8 Å². The molecule has 126 heavy (non-hydrogen) atoms. The van der Waals surface area contributed by atoms with E-state index in [1.165, 1.54) is 18.3 Å². The highest BCUT2D eigenvalue weighted by atomic mass is 127. The van der Waals surface area contributed by atoms with Crippen LogP contribution in [0, 0.1) is 3.57 Å². The van der Waals surface area contributed by atoms with Crippen LogP contribution in [0.5, 0.6) is 0 Å². The molecule has 4 atom stereocenters. The number of hydrogen-bond donors (Lipinski definition) is 16. The fraction of sp³-hybridized carbons (Fsp3) is 0.573. The van der Waals surface area contributed by atoms with E-state index >= 15 is 0 Å². The van der Waals surface area contributed by atoms with Gasteiger partial charge in [-0.1, -0.05) is 30.3 Å². The molecular weight excluding hydrogens is 1780 g/mol. The molecule has 1 fully saturated rings. The number of nitrogens with zero attached hydrogens (tertiary/aromatic N) is 5.